The van der Waals surface area contributed by atoms with E-state index in [4.69, 9.17) is 14.0 Å². The average molecular weight is 386 g/mol. The highest BCUT2D eigenvalue weighted by molar-refractivity contribution is 14.2. The lowest BCUT2D eigenvalue weighted by Crippen LogP contribution is -2.07. The summed E-state index contributed by atoms with van der Waals surface area (Å²) < 4.78 is 29.1. The topological polar surface area (TPSA) is 27.7 Å². The molecule has 0 radical (unpaired) electrons. The van der Waals surface area contributed by atoms with E-state index in [1.807, 2.05) is 6.07 Å². The molecule has 0 spiro atoms. The van der Waals surface area contributed by atoms with Gasteiger partial charge < -0.3 is 14.0 Å². The van der Waals surface area contributed by atoms with Gasteiger partial charge in [0.2, 0.25) is 0 Å². The van der Waals surface area contributed by atoms with Crippen molar-refractivity contribution in [3.8, 4) is 0 Å². The second kappa shape index (κ2) is 10.0. The van der Waals surface area contributed by atoms with Crippen LogP contribution in [0.3, 0.4) is 0 Å². The molecule has 0 saturated carbocycles. The van der Waals surface area contributed by atoms with Crippen LogP contribution in [0.1, 0.15) is 11.1 Å². The number of halogens is 2. The lowest BCUT2D eigenvalue weighted by molar-refractivity contribution is 0.0321. The maximum absolute atomic E-state index is 13.2. The van der Waals surface area contributed by atoms with E-state index in [0.717, 1.165) is 5.56 Å². The van der Waals surface area contributed by atoms with Crippen LogP contribution in [0.15, 0.2) is 18.2 Å². The molecule has 3 nitrogen and oxygen atoms in total. The summed E-state index contributed by atoms with van der Waals surface area (Å²) in [6.45, 7) is 4.85. The van der Waals surface area contributed by atoms with Gasteiger partial charge in [0.05, 0.1) is 39.5 Å². The molecule has 0 fully saturated rings. The summed E-state index contributed by atoms with van der Waals surface area (Å²) >= 11 is 2.17. The molecule has 1 unspecified atom stereocenters. The van der Waals surface area contributed by atoms with Crippen molar-refractivity contribution in [2.45, 2.75) is 13.5 Å². The van der Waals surface area contributed by atoms with Crippen LogP contribution in [0, 0.1) is 12.7 Å². The van der Waals surface area contributed by atoms with Crippen LogP contribution in [0.5, 0.6) is 0 Å². The highest BCUT2D eigenvalue weighted by Gasteiger charge is 1.99. The number of rotatable bonds is 9. The minimum atomic E-state index is -0.191. The minimum absolute atomic E-state index is 0.191. The van der Waals surface area contributed by atoms with Crippen molar-refractivity contribution in [1.82, 2.24) is 0 Å². The summed E-state index contributed by atoms with van der Waals surface area (Å²) in [7, 11) is 0. The smallest absolute Gasteiger partial charge is 0.126 e. The number of hydrogen-bond acceptors (Lipinski definition) is 3. The van der Waals surface area contributed by atoms with Gasteiger partial charge in [-0.25, -0.2) is 4.39 Å². The first-order chi connectivity index (χ1) is 8.74. The Labute approximate surface area is 122 Å². The molecule has 0 bridgehead atoms. The molecule has 102 valence electrons. The Balaban J connectivity index is 2.05. The zero-order chi connectivity index (χ0) is 13.2. The van der Waals surface area contributed by atoms with Crippen LogP contribution in [0.2, 0.25) is 0 Å². The second-order valence-corrected chi connectivity index (χ2v) is 5.44. The third-order valence-corrected chi connectivity index (χ3v) is 3.51. The fourth-order valence-electron chi connectivity index (χ4n) is 1.28. The summed E-state index contributed by atoms with van der Waals surface area (Å²) in [4.78, 5) is 0. The van der Waals surface area contributed by atoms with E-state index in [2.05, 4.69) is 22.0 Å². The largest absolute Gasteiger partial charge is 0.377 e. The van der Waals surface area contributed by atoms with Gasteiger partial charge in [0.15, 0.2) is 0 Å². The van der Waals surface area contributed by atoms with Crippen LogP contribution in [0.25, 0.3) is 0 Å². The molecule has 6 heteroatoms. The Kier molecular flexibility index (Phi) is 9.06. The molecule has 0 amide bonds. The lowest BCUT2D eigenvalue weighted by Gasteiger charge is -2.06. The molecule has 1 rings (SSSR count). The highest BCUT2D eigenvalue weighted by Crippen LogP contribution is 2.20. The summed E-state index contributed by atoms with van der Waals surface area (Å²) in [5.41, 5.74) is 1.49. The Morgan fingerprint density at radius 1 is 1.17 bits per heavy atom. The lowest BCUT2D eigenvalue weighted by atomic mass is 10.1. The van der Waals surface area contributed by atoms with Gasteiger partial charge in [-0.05, 0) is 46.2 Å². The zero-order valence-corrected chi connectivity index (χ0v) is 13.4. The molecule has 0 saturated heterocycles. The molecular weight excluding hydrogens is 369 g/mol. The molecule has 1 atom stereocenters. The maximum Gasteiger partial charge on any atom is 0.126 e. The third-order valence-electron chi connectivity index (χ3n) is 2.26. The summed E-state index contributed by atoms with van der Waals surface area (Å²) in [6, 6.07) is 5.13. The first kappa shape index (κ1) is 16.2. The Morgan fingerprint density at radius 2 is 1.89 bits per heavy atom. The normalized spacial score (nSPS) is 11.5. The number of benzene rings is 1. The average Bonchev–Trinajstić information content (AvgIpc) is 2.37. The molecule has 0 aromatic heterocycles. The molecule has 18 heavy (non-hydrogen) atoms. The van der Waals surface area contributed by atoms with E-state index in [1.54, 1.807) is 13.0 Å². The molecule has 0 aliphatic carbocycles. The summed E-state index contributed by atoms with van der Waals surface area (Å²) in [6.07, 6.45) is 0. The molecule has 0 aliphatic rings. The quantitative estimate of drug-likeness (QED) is 0.369. The van der Waals surface area contributed by atoms with E-state index < -0.39 is 0 Å². The first-order valence-electron chi connectivity index (χ1n) is 5.62. The molecular formula is C12H17FIO3P. The molecule has 0 heterocycles. The number of aryl methyl sites for hydroxylation is 1. The van der Waals surface area contributed by atoms with Crippen LogP contribution >= 0.6 is 28.5 Å². The molecule has 0 aliphatic heterocycles. The van der Waals surface area contributed by atoms with Gasteiger partial charge in [0.1, 0.15) is 5.82 Å². The first-order valence-corrected chi connectivity index (χ1v) is 9.64. The Bertz CT molecular complexity index is 352. The van der Waals surface area contributed by atoms with Crippen molar-refractivity contribution in [2.24, 2.45) is 0 Å². The second-order valence-electron chi connectivity index (χ2n) is 3.67. The predicted molar refractivity (Wildman–Crippen MR) is 79.9 cm³/mol. The third kappa shape index (κ3) is 6.95. The zero-order valence-electron chi connectivity index (χ0n) is 10.2. The van der Waals surface area contributed by atoms with Gasteiger partial charge in [-0.1, -0.05) is 12.1 Å². The fraction of sp³-hybridized carbons (Fsp3) is 0.500. The van der Waals surface area contributed by atoms with Crippen molar-refractivity contribution in [3.63, 3.8) is 0 Å². The van der Waals surface area contributed by atoms with Crippen LogP contribution in [0.4, 0.5) is 4.39 Å². The van der Waals surface area contributed by atoms with Crippen LogP contribution in [-0.4, -0.2) is 26.4 Å². The maximum atomic E-state index is 13.2. The van der Waals surface area contributed by atoms with Gasteiger partial charge in [-0.15, -0.1) is 0 Å². The van der Waals surface area contributed by atoms with Crippen LogP contribution < -0.4 is 0 Å². The van der Waals surface area contributed by atoms with Gasteiger partial charge in [-0.2, -0.15) is 0 Å². The fourth-order valence-corrected chi connectivity index (χ4v) is 2.10. The Morgan fingerprint density at radius 3 is 2.61 bits per heavy atom. The van der Waals surface area contributed by atoms with Crippen molar-refractivity contribution in [1.29, 1.82) is 0 Å². The highest BCUT2D eigenvalue weighted by atomic mass is 127. The standard InChI is InChI=1S/C12H17FIO3P/c1-10-2-3-11(8-12(10)13)9-16-5-4-15-6-7-17-18-14/h2-3,8,18H,4-7,9H2,1H3. The Hall–Kier alpha value is 0.190. The van der Waals surface area contributed by atoms with E-state index in [9.17, 15) is 4.39 Å². The van der Waals surface area contributed by atoms with E-state index in [-0.39, 0.29) is 5.82 Å². The van der Waals surface area contributed by atoms with Crippen LogP contribution in [-0.2, 0) is 20.6 Å². The van der Waals surface area contributed by atoms with Gasteiger partial charge >= 0.3 is 0 Å². The van der Waals surface area contributed by atoms with Crippen molar-refractivity contribution < 1.29 is 18.4 Å². The van der Waals surface area contributed by atoms with Crippen molar-refractivity contribution in [3.05, 3.63) is 35.1 Å². The number of hydrogen-bond donors (Lipinski definition) is 0. The monoisotopic (exact) mass is 386 g/mol. The van der Waals surface area contributed by atoms with E-state index in [1.165, 1.54) is 6.07 Å². The van der Waals surface area contributed by atoms with E-state index in [0.29, 0.717) is 45.0 Å². The summed E-state index contributed by atoms with van der Waals surface area (Å²) in [5, 5.41) is 0. The molecule has 1 aromatic rings. The molecule has 0 N–H and O–H groups in total. The minimum Gasteiger partial charge on any atom is -0.377 e. The molecule has 1 aromatic carbocycles. The van der Waals surface area contributed by atoms with E-state index >= 15 is 0 Å². The van der Waals surface area contributed by atoms with Gasteiger partial charge in [0.25, 0.3) is 0 Å². The summed E-state index contributed by atoms with van der Waals surface area (Å²) in [5.74, 6) is -0.191. The van der Waals surface area contributed by atoms with Crippen molar-refractivity contribution in [2.75, 3.05) is 26.4 Å². The number of ether oxygens (including phenoxy) is 2. The van der Waals surface area contributed by atoms with Crippen molar-refractivity contribution >= 4 is 28.5 Å². The SMILES string of the molecule is Cc1ccc(COCCOCCOPI)cc1F. The van der Waals surface area contributed by atoms with Gasteiger partial charge in [-0.3, -0.25) is 0 Å². The predicted octanol–water partition coefficient (Wildman–Crippen LogP) is 3.63. The van der Waals surface area contributed by atoms with Gasteiger partial charge in [0, 0.05) is 0 Å².